The second-order valence-corrected chi connectivity index (χ2v) is 2.99. The van der Waals surface area contributed by atoms with Gasteiger partial charge in [-0.2, -0.15) is 4.73 Å². The molecular weight excluding hydrogens is 178 g/mol. The van der Waals surface area contributed by atoms with Crippen molar-refractivity contribution in [3.05, 3.63) is 54.0 Å². The van der Waals surface area contributed by atoms with Crippen LogP contribution in [-0.2, 0) is 0 Å². The number of pyridine rings is 1. The van der Waals surface area contributed by atoms with Gasteiger partial charge in [0.2, 0.25) is 0 Å². The van der Waals surface area contributed by atoms with Gasteiger partial charge in [-0.1, -0.05) is 12.1 Å². The van der Waals surface area contributed by atoms with E-state index >= 15 is 0 Å². The smallest absolute Gasteiger partial charge is 0.180 e. The number of hydrogen-bond acceptors (Lipinski definition) is 2. The summed E-state index contributed by atoms with van der Waals surface area (Å²) in [6.45, 7) is 0. The van der Waals surface area contributed by atoms with Crippen molar-refractivity contribution in [1.82, 2.24) is 0 Å². The van der Waals surface area contributed by atoms with E-state index in [9.17, 15) is 5.21 Å². The first kappa shape index (κ1) is 8.56. The lowest BCUT2D eigenvalue weighted by molar-refractivity contribution is -0.605. The van der Waals surface area contributed by atoms with Crippen molar-refractivity contribution in [2.24, 2.45) is 0 Å². The average Bonchev–Trinajstić information content (AvgIpc) is 2.21. The molecule has 70 valence electrons. The first-order valence-corrected chi connectivity index (χ1v) is 4.24. The Bertz CT molecular complexity index is 377. The van der Waals surface area contributed by atoms with Gasteiger partial charge < -0.3 is 10.3 Å². The highest BCUT2D eigenvalue weighted by Crippen LogP contribution is 2.20. The van der Waals surface area contributed by atoms with E-state index in [-0.39, 0.29) is 5.75 Å². The van der Waals surface area contributed by atoms with Crippen LogP contribution < -0.4 is 4.73 Å². The Balaban J connectivity index is 2.40. The second-order valence-electron chi connectivity index (χ2n) is 2.99. The molecule has 0 aliphatic heterocycles. The van der Waals surface area contributed by atoms with Crippen molar-refractivity contribution in [1.29, 1.82) is 0 Å². The van der Waals surface area contributed by atoms with Gasteiger partial charge in [0, 0.05) is 12.1 Å². The van der Waals surface area contributed by atoms with E-state index in [1.165, 1.54) is 12.4 Å². The van der Waals surface area contributed by atoms with Gasteiger partial charge in [-0.3, -0.25) is 0 Å². The fourth-order valence-corrected chi connectivity index (χ4v) is 1.26. The minimum absolute atomic E-state index is 0.239. The van der Waals surface area contributed by atoms with E-state index in [4.69, 9.17) is 5.11 Å². The van der Waals surface area contributed by atoms with Crippen LogP contribution in [-0.4, -0.2) is 5.11 Å². The van der Waals surface area contributed by atoms with Crippen molar-refractivity contribution in [2.75, 3.05) is 0 Å². The van der Waals surface area contributed by atoms with E-state index in [2.05, 4.69) is 0 Å². The van der Waals surface area contributed by atoms with E-state index in [1.54, 1.807) is 36.4 Å². The molecule has 0 atom stereocenters. The Kier molecular flexibility index (Phi) is 2.07. The van der Waals surface area contributed by atoms with Crippen LogP contribution in [0.25, 0.3) is 11.1 Å². The zero-order valence-corrected chi connectivity index (χ0v) is 7.42. The minimum Gasteiger partial charge on any atom is -0.619 e. The lowest BCUT2D eigenvalue weighted by atomic mass is 10.1. The number of aromatic nitrogens is 1. The van der Waals surface area contributed by atoms with Gasteiger partial charge in [0.05, 0.1) is 0 Å². The standard InChI is InChI=1S/C11H9NO2/c13-11-3-1-9(2-4-11)10-5-7-12(14)8-6-10/h1-8,13H. The predicted molar refractivity (Wildman–Crippen MR) is 52.5 cm³/mol. The summed E-state index contributed by atoms with van der Waals surface area (Å²) in [6, 6.07) is 10.3. The number of nitrogens with zero attached hydrogens (tertiary/aromatic N) is 1. The van der Waals surface area contributed by atoms with Crippen LogP contribution in [0.3, 0.4) is 0 Å². The minimum atomic E-state index is 0.239. The highest BCUT2D eigenvalue weighted by Gasteiger charge is 1.98. The zero-order chi connectivity index (χ0) is 9.97. The number of rotatable bonds is 1. The van der Waals surface area contributed by atoms with Crippen LogP contribution in [0.5, 0.6) is 5.75 Å². The van der Waals surface area contributed by atoms with Gasteiger partial charge in [0.25, 0.3) is 0 Å². The SMILES string of the molecule is [O-][n+]1ccc(-c2ccc(O)cc2)cc1. The normalized spacial score (nSPS) is 10.0. The van der Waals surface area contributed by atoms with Crippen LogP contribution in [0.4, 0.5) is 0 Å². The maximum atomic E-state index is 10.8. The summed E-state index contributed by atoms with van der Waals surface area (Å²) in [5.74, 6) is 0.239. The van der Waals surface area contributed by atoms with Crippen molar-refractivity contribution in [2.45, 2.75) is 0 Å². The molecule has 3 heteroatoms. The maximum Gasteiger partial charge on any atom is 0.180 e. The Hall–Kier alpha value is -2.03. The van der Waals surface area contributed by atoms with Crippen molar-refractivity contribution in [3.63, 3.8) is 0 Å². The summed E-state index contributed by atoms with van der Waals surface area (Å²) >= 11 is 0. The Labute approximate surface area is 81.5 Å². The third-order valence-corrected chi connectivity index (χ3v) is 2.00. The summed E-state index contributed by atoms with van der Waals surface area (Å²) in [7, 11) is 0. The molecule has 0 amide bonds. The number of phenolic OH excluding ortho intramolecular Hbond substituents is 1. The molecule has 1 heterocycles. The summed E-state index contributed by atoms with van der Waals surface area (Å²) in [6.07, 6.45) is 2.89. The highest BCUT2D eigenvalue weighted by molar-refractivity contribution is 5.62. The lowest BCUT2D eigenvalue weighted by Gasteiger charge is -2.01. The summed E-state index contributed by atoms with van der Waals surface area (Å²) in [5.41, 5.74) is 1.93. The van der Waals surface area contributed by atoms with Gasteiger partial charge in [-0.25, -0.2) is 0 Å². The van der Waals surface area contributed by atoms with E-state index in [0.717, 1.165) is 15.9 Å². The fourth-order valence-electron chi connectivity index (χ4n) is 1.26. The molecule has 0 fully saturated rings. The van der Waals surface area contributed by atoms with Crippen LogP contribution in [0, 0.1) is 5.21 Å². The predicted octanol–water partition coefficient (Wildman–Crippen LogP) is 1.69. The third kappa shape index (κ3) is 1.66. The van der Waals surface area contributed by atoms with Crippen molar-refractivity contribution in [3.8, 4) is 16.9 Å². The van der Waals surface area contributed by atoms with E-state index in [1.807, 2.05) is 0 Å². The Morgan fingerprint density at radius 2 is 1.36 bits per heavy atom. The molecule has 14 heavy (non-hydrogen) atoms. The molecule has 0 unspecified atom stereocenters. The number of hydrogen-bond donors (Lipinski definition) is 1. The fraction of sp³-hybridized carbons (Fsp3) is 0. The summed E-state index contributed by atoms with van der Waals surface area (Å²) in [5, 5.41) is 19.9. The molecule has 0 aliphatic rings. The molecule has 0 saturated heterocycles. The van der Waals surface area contributed by atoms with Gasteiger partial charge in [0.1, 0.15) is 5.75 Å². The molecular formula is C11H9NO2. The highest BCUT2D eigenvalue weighted by atomic mass is 16.5. The molecule has 0 aliphatic carbocycles. The lowest BCUT2D eigenvalue weighted by Crippen LogP contribution is -2.23. The topological polar surface area (TPSA) is 47.2 Å². The monoisotopic (exact) mass is 187 g/mol. The maximum absolute atomic E-state index is 10.8. The van der Waals surface area contributed by atoms with Gasteiger partial charge in [0.15, 0.2) is 12.4 Å². The summed E-state index contributed by atoms with van der Waals surface area (Å²) in [4.78, 5) is 0. The van der Waals surface area contributed by atoms with Crippen molar-refractivity contribution < 1.29 is 9.84 Å². The molecule has 0 spiro atoms. The molecule has 2 aromatic rings. The van der Waals surface area contributed by atoms with Crippen LogP contribution in [0.2, 0.25) is 0 Å². The molecule has 0 bridgehead atoms. The van der Waals surface area contributed by atoms with Crippen LogP contribution >= 0.6 is 0 Å². The van der Waals surface area contributed by atoms with Gasteiger partial charge in [-0.15, -0.1) is 0 Å². The number of phenols is 1. The Morgan fingerprint density at radius 1 is 0.857 bits per heavy atom. The Morgan fingerprint density at radius 3 is 1.93 bits per heavy atom. The summed E-state index contributed by atoms with van der Waals surface area (Å²) < 4.78 is 0.740. The average molecular weight is 187 g/mol. The van der Waals surface area contributed by atoms with E-state index in [0.29, 0.717) is 0 Å². The first-order valence-electron chi connectivity index (χ1n) is 4.24. The molecule has 3 nitrogen and oxygen atoms in total. The number of benzene rings is 1. The van der Waals surface area contributed by atoms with Gasteiger partial charge in [-0.05, 0) is 23.3 Å². The number of aromatic hydroxyl groups is 1. The van der Waals surface area contributed by atoms with E-state index < -0.39 is 0 Å². The zero-order valence-electron chi connectivity index (χ0n) is 7.42. The third-order valence-electron chi connectivity index (χ3n) is 2.00. The van der Waals surface area contributed by atoms with Crippen LogP contribution in [0.1, 0.15) is 0 Å². The second kappa shape index (κ2) is 3.38. The van der Waals surface area contributed by atoms with Crippen LogP contribution in [0.15, 0.2) is 48.8 Å². The molecule has 1 aromatic carbocycles. The van der Waals surface area contributed by atoms with Crippen molar-refractivity contribution >= 4 is 0 Å². The quantitative estimate of drug-likeness (QED) is 0.545. The molecule has 1 aromatic heterocycles. The van der Waals surface area contributed by atoms with Gasteiger partial charge >= 0.3 is 0 Å². The first-order chi connectivity index (χ1) is 6.75. The largest absolute Gasteiger partial charge is 0.619 e. The molecule has 0 saturated carbocycles. The molecule has 1 N–H and O–H groups in total. The molecule has 0 radical (unpaired) electrons. The molecule has 2 rings (SSSR count).